The van der Waals surface area contributed by atoms with E-state index in [2.05, 4.69) is 4.72 Å². The second kappa shape index (κ2) is 12.1. The van der Waals surface area contributed by atoms with Crippen LogP contribution in [0.25, 0.3) is 0 Å². The highest BCUT2D eigenvalue weighted by molar-refractivity contribution is 7.91. The summed E-state index contributed by atoms with van der Waals surface area (Å²) in [6.07, 6.45) is 1.57. The van der Waals surface area contributed by atoms with Crippen molar-refractivity contribution in [1.82, 2.24) is 9.62 Å². The molecule has 2 N–H and O–H groups in total. The predicted octanol–water partition coefficient (Wildman–Crippen LogP) is 7.31. The largest absolute Gasteiger partial charge is 0.481 e. The molecule has 3 aromatic rings. The molecule has 42 heavy (non-hydrogen) atoms. The number of likely N-dealkylation sites (tertiary alicyclic amines) is 1. The Balaban J connectivity index is 1.62. The Labute approximate surface area is 264 Å². The molecule has 2 fully saturated rings. The Kier molecular flexibility index (Phi) is 9.01. The number of halogens is 3. The number of hydrogen-bond donors (Lipinski definition) is 2. The second-order valence-corrected chi connectivity index (χ2v) is 16.0. The van der Waals surface area contributed by atoms with E-state index in [-0.39, 0.29) is 41.3 Å². The summed E-state index contributed by atoms with van der Waals surface area (Å²) in [5, 5.41) is 10.9. The summed E-state index contributed by atoms with van der Waals surface area (Å²) in [6, 6.07) is 15.2. The predicted molar refractivity (Wildman–Crippen MR) is 166 cm³/mol. The third-order valence-corrected chi connectivity index (χ3v) is 12.1. The fourth-order valence-electron chi connectivity index (χ4n) is 6.17. The van der Waals surface area contributed by atoms with Gasteiger partial charge in [-0.3, -0.25) is 9.59 Å². The van der Waals surface area contributed by atoms with E-state index in [0.717, 1.165) is 35.3 Å². The number of piperidine rings is 1. The van der Waals surface area contributed by atoms with Gasteiger partial charge in [-0.1, -0.05) is 66.0 Å². The number of sulfonamides is 1. The Morgan fingerprint density at radius 3 is 2.36 bits per heavy atom. The average molecular weight is 670 g/mol. The van der Waals surface area contributed by atoms with Crippen LogP contribution in [0.1, 0.15) is 61.3 Å². The van der Waals surface area contributed by atoms with Gasteiger partial charge < -0.3 is 10.0 Å². The van der Waals surface area contributed by atoms with Gasteiger partial charge >= 0.3 is 5.97 Å². The molecule has 5 rings (SSSR count). The van der Waals surface area contributed by atoms with Crippen LogP contribution in [0.2, 0.25) is 14.4 Å². The molecule has 7 nitrogen and oxygen atoms in total. The number of aryl methyl sites for hydroxylation is 1. The lowest BCUT2D eigenvalue weighted by atomic mass is 9.67. The third-order valence-electron chi connectivity index (χ3n) is 8.22. The van der Waals surface area contributed by atoms with Crippen molar-refractivity contribution in [3.05, 3.63) is 85.7 Å². The molecule has 4 unspecified atom stereocenters. The first kappa shape index (κ1) is 31.3. The van der Waals surface area contributed by atoms with Gasteiger partial charge in [0.25, 0.3) is 0 Å². The minimum atomic E-state index is -3.92. The summed E-state index contributed by atoms with van der Waals surface area (Å²) in [4.78, 5) is 28.3. The number of benzene rings is 2. The van der Waals surface area contributed by atoms with E-state index in [4.69, 9.17) is 34.8 Å². The molecule has 1 amide bonds. The highest BCUT2D eigenvalue weighted by Crippen LogP contribution is 2.54. The SMILES string of the molecule is Cc1cc(Cl)sc1S(=O)(=O)NCC(C1CC1)N1C(=O)C(C)(CC(=O)O)CC(c2cccc(Cl)c2)C1c1ccc(Cl)cc1. The monoisotopic (exact) mass is 668 g/mol. The summed E-state index contributed by atoms with van der Waals surface area (Å²) in [7, 11) is -3.92. The molecule has 0 radical (unpaired) electrons. The first-order chi connectivity index (χ1) is 19.8. The van der Waals surface area contributed by atoms with E-state index in [0.29, 0.717) is 19.9 Å². The number of rotatable bonds is 10. The minimum Gasteiger partial charge on any atom is -0.481 e. The lowest BCUT2D eigenvalue weighted by Gasteiger charge is -2.52. The number of carboxylic acid groups (broad SMARTS) is 1. The molecule has 1 saturated heterocycles. The van der Waals surface area contributed by atoms with Crippen LogP contribution in [0.4, 0.5) is 0 Å². The lowest BCUT2D eigenvalue weighted by molar-refractivity contribution is -0.161. The Hall–Kier alpha value is -2.14. The maximum absolute atomic E-state index is 14.5. The molecule has 1 aliphatic heterocycles. The van der Waals surface area contributed by atoms with Gasteiger partial charge in [-0.15, -0.1) is 11.3 Å². The quantitative estimate of drug-likeness (QED) is 0.236. The van der Waals surface area contributed by atoms with Gasteiger partial charge in [0.2, 0.25) is 15.9 Å². The summed E-state index contributed by atoms with van der Waals surface area (Å²) in [6.45, 7) is 3.35. The smallest absolute Gasteiger partial charge is 0.304 e. The first-order valence-corrected chi connectivity index (χ1v) is 17.0. The molecule has 0 bridgehead atoms. The van der Waals surface area contributed by atoms with Crippen LogP contribution in [0, 0.1) is 18.3 Å². The molecule has 0 spiro atoms. The average Bonchev–Trinajstić information content (AvgIpc) is 3.69. The standard InChI is InChI=1S/C30H31Cl3N2O5S2/c1-17-12-25(33)41-28(17)42(39,40)34-16-24(18-6-7-18)35-27(19-8-10-21(31)11-9-19)23(20-4-3-5-22(32)13-20)14-30(2,29(35)38)15-26(36)37/h3-5,8-13,18,23-24,27,34H,6-7,14-16H2,1-2H3,(H,36,37). The van der Waals surface area contributed by atoms with Crippen molar-refractivity contribution >= 4 is 68.0 Å². The fraction of sp³-hybridized carbons (Fsp3) is 0.400. The zero-order chi connectivity index (χ0) is 30.4. The summed E-state index contributed by atoms with van der Waals surface area (Å²) >= 11 is 19.7. The Morgan fingerprint density at radius 1 is 1.10 bits per heavy atom. The number of hydrogen-bond acceptors (Lipinski definition) is 5. The van der Waals surface area contributed by atoms with E-state index in [1.54, 1.807) is 43.0 Å². The highest BCUT2D eigenvalue weighted by atomic mass is 35.5. The van der Waals surface area contributed by atoms with Gasteiger partial charge in [0.1, 0.15) is 4.21 Å². The molecule has 1 saturated carbocycles. The lowest BCUT2D eigenvalue weighted by Crippen LogP contribution is -2.59. The fourth-order valence-corrected chi connectivity index (χ4v) is 9.55. The van der Waals surface area contributed by atoms with Crippen LogP contribution in [-0.4, -0.2) is 42.9 Å². The van der Waals surface area contributed by atoms with Crippen LogP contribution < -0.4 is 4.72 Å². The van der Waals surface area contributed by atoms with Gasteiger partial charge in [-0.05, 0) is 79.1 Å². The van der Waals surface area contributed by atoms with E-state index in [9.17, 15) is 23.1 Å². The normalized spacial score (nSPS) is 23.6. The molecule has 1 aromatic heterocycles. The summed E-state index contributed by atoms with van der Waals surface area (Å²) in [5.41, 5.74) is 1.01. The van der Waals surface area contributed by atoms with Crippen LogP contribution >= 0.6 is 46.1 Å². The number of thiophene rings is 1. The zero-order valence-corrected chi connectivity index (χ0v) is 26.9. The number of nitrogens with one attached hydrogen (secondary N) is 1. The molecule has 1 aliphatic carbocycles. The van der Waals surface area contributed by atoms with Crippen LogP contribution in [0.15, 0.2) is 58.8 Å². The van der Waals surface area contributed by atoms with E-state index < -0.39 is 33.5 Å². The number of carbonyl (C=O) groups is 2. The second-order valence-electron chi connectivity index (χ2n) is 11.5. The molecule has 12 heteroatoms. The van der Waals surface area contributed by atoms with Crippen LogP contribution in [0.3, 0.4) is 0 Å². The Morgan fingerprint density at radius 2 is 1.79 bits per heavy atom. The maximum Gasteiger partial charge on any atom is 0.304 e. The Bertz CT molecular complexity index is 1610. The van der Waals surface area contributed by atoms with E-state index in [1.807, 2.05) is 30.3 Å². The van der Waals surface area contributed by atoms with E-state index >= 15 is 0 Å². The molecule has 4 atom stereocenters. The number of amides is 1. The molecule has 2 aliphatic rings. The van der Waals surface area contributed by atoms with Gasteiger partial charge in [0.15, 0.2) is 0 Å². The number of carbonyl (C=O) groups excluding carboxylic acids is 1. The van der Waals surface area contributed by atoms with Gasteiger partial charge in [-0.25, -0.2) is 13.1 Å². The van der Waals surface area contributed by atoms with Gasteiger partial charge in [0, 0.05) is 28.5 Å². The molecule has 2 aromatic carbocycles. The molecule has 224 valence electrons. The third kappa shape index (κ3) is 6.51. The van der Waals surface area contributed by atoms with E-state index in [1.165, 1.54) is 0 Å². The highest BCUT2D eigenvalue weighted by Gasteiger charge is 2.54. The summed E-state index contributed by atoms with van der Waals surface area (Å²) in [5.74, 6) is -1.65. The van der Waals surface area contributed by atoms with Crippen molar-refractivity contribution in [3.63, 3.8) is 0 Å². The van der Waals surface area contributed by atoms with Gasteiger partial charge in [-0.2, -0.15) is 0 Å². The van der Waals surface area contributed by atoms with Crippen molar-refractivity contribution in [3.8, 4) is 0 Å². The molecular weight excluding hydrogens is 639 g/mol. The number of aliphatic carboxylic acids is 1. The van der Waals surface area contributed by atoms with Crippen LogP contribution in [-0.2, 0) is 19.6 Å². The first-order valence-electron chi connectivity index (χ1n) is 13.6. The number of carboxylic acids is 1. The topological polar surface area (TPSA) is 104 Å². The van der Waals surface area contributed by atoms with Crippen LogP contribution in [0.5, 0.6) is 0 Å². The van der Waals surface area contributed by atoms with Gasteiger partial charge in [0.05, 0.1) is 22.2 Å². The van der Waals surface area contributed by atoms with Crippen molar-refractivity contribution in [1.29, 1.82) is 0 Å². The van der Waals surface area contributed by atoms with Crippen molar-refractivity contribution in [2.45, 2.75) is 61.7 Å². The maximum atomic E-state index is 14.5. The molecular formula is C30H31Cl3N2O5S2. The molecule has 2 heterocycles. The van der Waals surface area contributed by atoms with Crippen molar-refractivity contribution in [2.24, 2.45) is 11.3 Å². The zero-order valence-electron chi connectivity index (χ0n) is 23.0. The number of nitrogens with zero attached hydrogens (tertiary/aromatic N) is 1. The van der Waals surface area contributed by atoms with Crippen molar-refractivity contribution in [2.75, 3.05) is 6.54 Å². The van der Waals surface area contributed by atoms with Crippen molar-refractivity contribution < 1.29 is 23.1 Å². The minimum absolute atomic E-state index is 0.0246. The summed E-state index contributed by atoms with van der Waals surface area (Å²) < 4.78 is 30.0.